The summed E-state index contributed by atoms with van der Waals surface area (Å²) < 4.78 is 11.3. The fraction of sp³-hybridized carbons (Fsp3) is 0.625. The molecule has 2 N–H and O–H groups in total. The Morgan fingerprint density at radius 3 is 2.80 bits per heavy atom. The van der Waals surface area contributed by atoms with Gasteiger partial charge < -0.3 is 19.9 Å². The molecule has 1 aliphatic carbocycles. The summed E-state index contributed by atoms with van der Waals surface area (Å²) in [4.78, 5) is 0. The van der Waals surface area contributed by atoms with Gasteiger partial charge in [-0.3, -0.25) is 0 Å². The van der Waals surface area contributed by atoms with E-state index >= 15 is 0 Å². The third-order valence-corrected chi connectivity index (χ3v) is 4.09. The maximum atomic E-state index is 9.52. The average Bonchev–Trinajstić information content (AvgIpc) is 2.73. The molecule has 1 aromatic carbocycles. The summed E-state index contributed by atoms with van der Waals surface area (Å²) in [6.45, 7) is 3.27. The Hall–Kier alpha value is -1.26. The van der Waals surface area contributed by atoms with E-state index in [-0.39, 0.29) is 6.10 Å². The van der Waals surface area contributed by atoms with Crippen molar-refractivity contribution in [3.05, 3.63) is 23.8 Å². The number of fused-ring (bicyclic) bond motifs is 1. The zero-order valence-corrected chi connectivity index (χ0v) is 11.8. The van der Waals surface area contributed by atoms with E-state index < -0.39 is 0 Å². The Balaban J connectivity index is 1.51. The molecule has 1 heterocycles. The Labute approximate surface area is 120 Å². The van der Waals surface area contributed by atoms with E-state index in [4.69, 9.17) is 9.47 Å². The van der Waals surface area contributed by atoms with Crippen molar-refractivity contribution >= 4 is 0 Å². The van der Waals surface area contributed by atoms with Crippen molar-refractivity contribution in [3.8, 4) is 11.5 Å². The first-order valence-corrected chi connectivity index (χ1v) is 7.58. The molecule has 1 aromatic rings. The van der Waals surface area contributed by atoms with Gasteiger partial charge in [0, 0.05) is 13.0 Å². The molecule has 2 unspecified atom stereocenters. The van der Waals surface area contributed by atoms with Crippen LogP contribution in [0.1, 0.15) is 31.2 Å². The van der Waals surface area contributed by atoms with Crippen molar-refractivity contribution in [1.82, 2.24) is 5.32 Å². The van der Waals surface area contributed by atoms with Gasteiger partial charge in [-0.15, -0.1) is 0 Å². The van der Waals surface area contributed by atoms with Gasteiger partial charge in [0.1, 0.15) is 0 Å². The highest BCUT2D eigenvalue weighted by Gasteiger charge is 2.22. The molecule has 4 heteroatoms. The first kappa shape index (κ1) is 13.7. The number of benzene rings is 1. The van der Waals surface area contributed by atoms with E-state index in [1.165, 1.54) is 5.56 Å². The summed E-state index contributed by atoms with van der Waals surface area (Å²) in [6, 6.07) is 6.15. The summed E-state index contributed by atoms with van der Waals surface area (Å²) >= 11 is 0. The van der Waals surface area contributed by atoms with Gasteiger partial charge in [0.15, 0.2) is 11.5 Å². The molecule has 20 heavy (non-hydrogen) atoms. The van der Waals surface area contributed by atoms with Crippen LogP contribution in [0.5, 0.6) is 11.5 Å². The minimum Gasteiger partial charge on any atom is -0.490 e. The van der Waals surface area contributed by atoms with Crippen molar-refractivity contribution in [2.24, 2.45) is 5.92 Å². The molecular weight excluding hydrogens is 254 g/mol. The first-order valence-electron chi connectivity index (χ1n) is 7.58. The van der Waals surface area contributed by atoms with Gasteiger partial charge >= 0.3 is 0 Å². The highest BCUT2D eigenvalue weighted by molar-refractivity contribution is 5.43. The number of nitrogens with one attached hydrogen (secondary N) is 1. The van der Waals surface area contributed by atoms with E-state index in [0.717, 1.165) is 63.5 Å². The number of hydrogen-bond acceptors (Lipinski definition) is 4. The Kier molecular flexibility index (Phi) is 4.43. The van der Waals surface area contributed by atoms with E-state index in [2.05, 4.69) is 17.4 Å². The molecule has 1 saturated carbocycles. The van der Waals surface area contributed by atoms with Gasteiger partial charge in [0.2, 0.25) is 0 Å². The lowest BCUT2D eigenvalue weighted by molar-refractivity contribution is 0.177. The molecule has 0 radical (unpaired) electrons. The fourth-order valence-corrected chi connectivity index (χ4v) is 2.97. The van der Waals surface area contributed by atoms with Crippen LogP contribution in [0.2, 0.25) is 0 Å². The van der Waals surface area contributed by atoms with Gasteiger partial charge in [-0.2, -0.15) is 0 Å². The second kappa shape index (κ2) is 6.46. The fourth-order valence-electron chi connectivity index (χ4n) is 2.97. The molecule has 1 aliphatic heterocycles. The number of rotatable bonds is 4. The second-order valence-corrected chi connectivity index (χ2v) is 5.80. The predicted octanol–water partition coefficient (Wildman–Crippen LogP) is 2.10. The Morgan fingerprint density at radius 1 is 1.15 bits per heavy atom. The Morgan fingerprint density at radius 2 is 2.00 bits per heavy atom. The summed E-state index contributed by atoms with van der Waals surface area (Å²) in [6.07, 6.45) is 3.88. The van der Waals surface area contributed by atoms with Crippen molar-refractivity contribution in [2.75, 3.05) is 19.8 Å². The molecule has 110 valence electrons. The molecular formula is C16H23NO3. The van der Waals surface area contributed by atoms with Gasteiger partial charge in [0.25, 0.3) is 0 Å². The quantitative estimate of drug-likeness (QED) is 0.885. The summed E-state index contributed by atoms with van der Waals surface area (Å²) in [5.41, 5.74) is 1.22. The molecule has 0 spiro atoms. The standard InChI is InChI=1S/C16H23NO3/c18-14-4-2-12(8-14)10-17-11-13-3-5-15-16(9-13)20-7-1-6-19-15/h3,5,9,12,14,17-18H,1-2,4,6-8,10-11H2. The van der Waals surface area contributed by atoms with Crippen LogP contribution in [-0.2, 0) is 6.54 Å². The SMILES string of the molecule is OC1CCC(CNCc2ccc3c(c2)OCCCO3)C1. The van der Waals surface area contributed by atoms with Gasteiger partial charge in [-0.05, 0) is 49.4 Å². The Bertz CT molecular complexity index is 449. The lowest BCUT2D eigenvalue weighted by Gasteiger charge is -2.12. The van der Waals surface area contributed by atoms with E-state index in [1.807, 2.05) is 6.07 Å². The predicted molar refractivity (Wildman–Crippen MR) is 77.1 cm³/mol. The molecule has 0 amide bonds. The van der Waals surface area contributed by atoms with E-state index in [0.29, 0.717) is 5.92 Å². The molecule has 1 fully saturated rings. The monoisotopic (exact) mass is 277 g/mol. The minimum atomic E-state index is -0.0835. The van der Waals surface area contributed by atoms with Crippen LogP contribution in [0.4, 0.5) is 0 Å². The van der Waals surface area contributed by atoms with Gasteiger partial charge in [0.05, 0.1) is 19.3 Å². The molecule has 2 atom stereocenters. The average molecular weight is 277 g/mol. The molecule has 3 rings (SSSR count). The molecule has 2 aliphatic rings. The lowest BCUT2D eigenvalue weighted by atomic mass is 10.1. The number of aliphatic hydroxyl groups is 1. The molecule has 4 nitrogen and oxygen atoms in total. The van der Waals surface area contributed by atoms with Crippen molar-refractivity contribution in [3.63, 3.8) is 0 Å². The molecule has 0 bridgehead atoms. The van der Waals surface area contributed by atoms with Crippen LogP contribution < -0.4 is 14.8 Å². The number of aliphatic hydroxyl groups excluding tert-OH is 1. The van der Waals surface area contributed by atoms with E-state index in [9.17, 15) is 5.11 Å². The van der Waals surface area contributed by atoms with Crippen LogP contribution >= 0.6 is 0 Å². The zero-order valence-electron chi connectivity index (χ0n) is 11.8. The van der Waals surface area contributed by atoms with Crippen LogP contribution in [0.15, 0.2) is 18.2 Å². The van der Waals surface area contributed by atoms with Crippen LogP contribution in [0.3, 0.4) is 0 Å². The smallest absolute Gasteiger partial charge is 0.161 e. The minimum absolute atomic E-state index is 0.0835. The topological polar surface area (TPSA) is 50.7 Å². The van der Waals surface area contributed by atoms with E-state index in [1.54, 1.807) is 0 Å². The number of hydrogen-bond donors (Lipinski definition) is 2. The van der Waals surface area contributed by atoms with Gasteiger partial charge in [-0.1, -0.05) is 6.07 Å². The van der Waals surface area contributed by atoms with Crippen molar-refractivity contribution < 1.29 is 14.6 Å². The summed E-state index contributed by atoms with van der Waals surface area (Å²) in [5.74, 6) is 2.33. The van der Waals surface area contributed by atoms with Crippen molar-refractivity contribution in [2.45, 2.75) is 38.3 Å². The van der Waals surface area contributed by atoms with Gasteiger partial charge in [-0.25, -0.2) is 0 Å². The maximum absolute atomic E-state index is 9.52. The van der Waals surface area contributed by atoms with Crippen LogP contribution in [0.25, 0.3) is 0 Å². The third kappa shape index (κ3) is 3.44. The molecule has 0 saturated heterocycles. The van der Waals surface area contributed by atoms with Crippen LogP contribution in [0, 0.1) is 5.92 Å². The van der Waals surface area contributed by atoms with Crippen molar-refractivity contribution in [1.29, 1.82) is 0 Å². The molecule has 0 aromatic heterocycles. The largest absolute Gasteiger partial charge is 0.490 e. The van der Waals surface area contributed by atoms with Crippen LogP contribution in [-0.4, -0.2) is 31.0 Å². The normalized spacial score (nSPS) is 25.4. The highest BCUT2D eigenvalue weighted by atomic mass is 16.5. The first-order chi connectivity index (χ1) is 9.81. The third-order valence-electron chi connectivity index (χ3n) is 4.09. The number of ether oxygens (including phenoxy) is 2. The summed E-state index contributed by atoms with van der Waals surface area (Å²) in [7, 11) is 0. The zero-order chi connectivity index (χ0) is 13.8. The summed E-state index contributed by atoms with van der Waals surface area (Å²) in [5, 5.41) is 13.0. The second-order valence-electron chi connectivity index (χ2n) is 5.80. The lowest BCUT2D eigenvalue weighted by Crippen LogP contribution is -2.21. The highest BCUT2D eigenvalue weighted by Crippen LogP contribution is 2.30. The maximum Gasteiger partial charge on any atom is 0.161 e.